The number of carbonyl (C=O) groups excluding carboxylic acids is 1. The van der Waals surface area contributed by atoms with Crippen molar-refractivity contribution >= 4 is 40.6 Å². The largest absolute Gasteiger partial charge is 0.323 e. The van der Waals surface area contributed by atoms with Gasteiger partial charge in [0.2, 0.25) is 0 Å². The van der Waals surface area contributed by atoms with Crippen molar-refractivity contribution in [3.8, 4) is 0 Å². The second kappa shape index (κ2) is 7.96. The van der Waals surface area contributed by atoms with Crippen LogP contribution in [0, 0.1) is 0 Å². The number of hydrogen-bond donors (Lipinski definition) is 1. The predicted molar refractivity (Wildman–Crippen MR) is 110 cm³/mol. The number of benzene rings is 1. The minimum Gasteiger partial charge on any atom is -0.323 e. The Morgan fingerprint density at radius 1 is 0.808 bits per heavy atom. The fraction of sp³-hybridized carbons (Fsp3) is 0.136. The van der Waals surface area contributed by atoms with Gasteiger partial charge in [0.1, 0.15) is 19.6 Å². The van der Waals surface area contributed by atoms with Crippen molar-refractivity contribution in [2.75, 3.05) is 13.1 Å². The van der Waals surface area contributed by atoms with Crippen LogP contribution in [0.3, 0.4) is 0 Å². The molecular weight excluding hydrogens is 358 g/mol. The standard InChI is InChI=1S/C22H19NOS2/c24-22-18(12-20-8-4-10-25-20)15-23(14-17-6-2-1-3-7-17)16-19(22)13-21-9-5-11-26-21/h1-13H,14-16H2/p+1/b18-12+,19-13+. The maximum absolute atomic E-state index is 13.0. The number of carbonyl (C=O) groups is 1. The molecule has 0 spiro atoms. The number of hydrogen-bond acceptors (Lipinski definition) is 3. The Labute approximate surface area is 161 Å². The number of rotatable bonds is 4. The van der Waals surface area contributed by atoms with Gasteiger partial charge in [-0.15, -0.1) is 22.7 Å². The molecule has 0 amide bonds. The van der Waals surface area contributed by atoms with E-state index in [-0.39, 0.29) is 5.78 Å². The molecule has 0 atom stereocenters. The molecule has 4 rings (SSSR count). The van der Waals surface area contributed by atoms with Crippen molar-refractivity contribution in [1.29, 1.82) is 0 Å². The lowest BCUT2D eigenvalue weighted by Gasteiger charge is -2.27. The fourth-order valence-electron chi connectivity index (χ4n) is 3.30. The number of nitrogens with one attached hydrogen (secondary N) is 1. The Morgan fingerprint density at radius 2 is 1.38 bits per heavy atom. The highest BCUT2D eigenvalue weighted by Crippen LogP contribution is 2.20. The van der Waals surface area contributed by atoms with Crippen LogP contribution in [0.5, 0.6) is 0 Å². The summed E-state index contributed by atoms with van der Waals surface area (Å²) in [7, 11) is 0. The molecule has 1 N–H and O–H groups in total. The van der Waals surface area contributed by atoms with Gasteiger partial charge in [-0.25, -0.2) is 0 Å². The lowest BCUT2D eigenvalue weighted by molar-refractivity contribution is -0.904. The Bertz CT molecular complexity index is 866. The summed E-state index contributed by atoms with van der Waals surface area (Å²) in [5, 5.41) is 4.10. The van der Waals surface area contributed by atoms with E-state index in [9.17, 15) is 4.79 Å². The summed E-state index contributed by atoms with van der Waals surface area (Å²) in [6.07, 6.45) is 4.14. The second-order valence-electron chi connectivity index (χ2n) is 6.47. The van der Waals surface area contributed by atoms with E-state index in [0.29, 0.717) is 0 Å². The summed E-state index contributed by atoms with van der Waals surface area (Å²) in [4.78, 5) is 16.7. The molecule has 0 saturated carbocycles. The van der Waals surface area contributed by atoms with Crippen LogP contribution in [0.15, 0.2) is 76.5 Å². The van der Waals surface area contributed by atoms with Gasteiger partial charge in [-0.3, -0.25) is 4.79 Å². The summed E-state index contributed by atoms with van der Waals surface area (Å²) >= 11 is 3.35. The number of ketones is 1. The maximum Gasteiger partial charge on any atom is 0.196 e. The zero-order chi connectivity index (χ0) is 17.8. The molecule has 4 heteroatoms. The molecule has 2 aromatic heterocycles. The topological polar surface area (TPSA) is 21.5 Å². The maximum atomic E-state index is 13.0. The van der Waals surface area contributed by atoms with E-state index < -0.39 is 0 Å². The minimum absolute atomic E-state index is 0.198. The zero-order valence-electron chi connectivity index (χ0n) is 14.4. The van der Waals surface area contributed by atoms with E-state index in [1.807, 2.05) is 18.2 Å². The zero-order valence-corrected chi connectivity index (χ0v) is 16.0. The number of likely N-dealkylation sites (tertiary alicyclic amines) is 1. The van der Waals surface area contributed by atoms with Crippen LogP contribution in [0.1, 0.15) is 15.3 Å². The van der Waals surface area contributed by atoms with Gasteiger partial charge in [0.15, 0.2) is 5.78 Å². The Kier molecular flexibility index (Phi) is 5.25. The normalized spacial score (nSPS) is 20.8. The van der Waals surface area contributed by atoms with Crippen LogP contribution in [0.25, 0.3) is 12.2 Å². The highest BCUT2D eigenvalue weighted by molar-refractivity contribution is 7.11. The van der Waals surface area contributed by atoms with Crippen LogP contribution in [-0.4, -0.2) is 18.9 Å². The lowest BCUT2D eigenvalue weighted by Crippen LogP contribution is -3.12. The lowest BCUT2D eigenvalue weighted by atomic mass is 9.96. The molecule has 1 aromatic carbocycles. The van der Waals surface area contributed by atoms with E-state index >= 15 is 0 Å². The number of thiophene rings is 2. The summed E-state index contributed by atoms with van der Waals surface area (Å²) < 4.78 is 0. The number of piperidine rings is 1. The molecule has 0 bridgehead atoms. The summed E-state index contributed by atoms with van der Waals surface area (Å²) in [5.41, 5.74) is 3.13. The fourth-order valence-corrected chi connectivity index (χ4v) is 4.66. The van der Waals surface area contributed by atoms with E-state index in [4.69, 9.17) is 0 Å². The molecule has 26 heavy (non-hydrogen) atoms. The molecule has 1 aliphatic rings. The number of Topliss-reactive ketones (excluding diaryl/α,β-unsaturated/α-hetero) is 1. The molecule has 0 radical (unpaired) electrons. The van der Waals surface area contributed by atoms with Gasteiger partial charge in [0, 0.05) is 15.3 Å². The van der Waals surface area contributed by atoms with Crippen molar-refractivity contribution in [1.82, 2.24) is 0 Å². The van der Waals surface area contributed by atoms with E-state index in [1.165, 1.54) is 10.5 Å². The van der Waals surface area contributed by atoms with E-state index in [0.717, 1.165) is 40.5 Å². The van der Waals surface area contributed by atoms with Gasteiger partial charge < -0.3 is 4.90 Å². The molecule has 0 unspecified atom stereocenters. The highest BCUT2D eigenvalue weighted by atomic mass is 32.1. The van der Waals surface area contributed by atoms with Crippen molar-refractivity contribution in [2.24, 2.45) is 0 Å². The van der Waals surface area contributed by atoms with Crippen molar-refractivity contribution in [3.63, 3.8) is 0 Å². The molecular formula is C22H20NOS2+. The molecule has 3 aromatic rings. The first-order valence-electron chi connectivity index (χ1n) is 8.68. The Morgan fingerprint density at radius 3 is 1.88 bits per heavy atom. The van der Waals surface area contributed by atoms with Crippen LogP contribution < -0.4 is 4.90 Å². The van der Waals surface area contributed by atoms with Gasteiger partial charge in [-0.1, -0.05) is 42.5 Å². The van der Waals surface area contributed by atoms with Gasteiger partial charge in [0.05, 0.1) is 11.1 Å². The van der Waals surface area contributed by atoms with Gasteiger partial charge in [0.25, 0.3) is 0 Å². The first-order valence-corrected chi connectivity index (χ1v) is 10.4. The van der Waals surface area contributed by atoms with Gasteiger partial charge in [-0.2, -0.15) is 0 Å². The monoisotopic (exact) mass is 378 g/mol. The molecule has 3 heterocycles. The van der Waals surface area contributed by atoms with Crippen LogP contribution in [-0.2, 0) is 11.3 Å². The molecule has 130 valence electrons. The number of quaternary nitrogens is 1. The van der Waals surface area contributed by atoms with Crippen LogP contribution >= 0.6 is 22.7 Å². The third-order valence-electron chi connectivity index (χ3n) is 4.48. The quantitative estimate of drug-likeness (QED) is 0.682. The second-order valence-corrected chi connectivity index (χ2v) is 8.42. The molecule has 1 saturated heterocycles. The molecule has 1 fully saturated rings. The molecule has 2 nitrogen and oxygen atoms in total. The average Bonchev–Trinajstić information content (AvgIpc) is 3.34. The Hall–Kier alpha value is -2.27. The summed E-state index contributed by atoms with van der Waals surface area (Å²) in [6, 6.07) is 18.7. The van der Waals surface area contributed by atoms with E-state index in [1.54, 1.807) is 22.7 Å². The van der Waals surface area contributed by atoms with Crippen molar-refractivity contribution in [3.05, 3.63) is 91.8 Å². The smallest absolute Gasteiger partial charge is 0.196 e. The van der Waals surface area contributed by atoms with E-state index in [2.05, 4.69) is 59.3 Å². The SMILES string of the molecule is O=C1/C(=C/c2cccs2)C[NH+](Cc2ccccc2)C/C1=C\c1cccs1. The van der Waals surface area contributed by atoms with Crippen molar-refractivity contribution < 1.29 is 9.69 Å². The molecule has 1 aliphatic heterocycles. The highest BCUT2D eigenvalue weighted by Gasteiger charge is 2.29. The average molecular weight is 379 g/mol. The predicted octanol–water partition coefficient (Wildman–Crippen LogP) is 3.94. The van der Waals surface area contributed by atoms with Crippen LogP contribution in [0.4, 0.5) is 0 Å². The van der Waals surface area contributed by atoms with Gasteiger partial charge in [-0.05, 0) is 35.0 Å². The summed E-state index contributed by atoms with van der Waals surface area (Å²) in [5.74, 6) is 0.198. The first-order chi connectivity index (χ1) is 12.8. The first kappa shape index (κ1) is 17.2. The minimum atomic E-state index is 0.198. The Balaban J connectivity index is 1.64. The van der Waals surface area contributed by atoms with Crippen molar-refractivity contribution in [2.45, 2.75) is 6.54 Å². The third kappa shape index (κ3) is 4.10. The summed E-state index contributed by atoms with van der Waals surface area (Å²) in [6.45, 7) is 2.47. The van der Waals surface area contributed by atoms with Crippen LogP contribution in [0.2, 0.25) is 0 Å². The van der Waals surface area contributed by atoms with Gasteiger partial charge >= 0.3 is 0 Å². The third-order valence-corrected chi connectivity index (χ3v) is 6.12. The molecule has 0 aliphatic carbocycles.